The van der Waals surface area contributed by atoms with Crippen LogP contribution in [-0.4, -0.2) is 15.9 Å². The third-order valence-electron chi connectivity index (χ3n) is 4.32. The van der Waals surface area contributed by atoms with Crippen LogP contribution in [0.3, 0.4) is 0 Å². The summed E-state index contributed by atoms with van der Waals surface area (Å²) in [6, 6.07) is 13.8. The van der Waals surface area contributed by atoms with E-state index in [1.54, 1.807) is 0 Å². The molecular weight excluding hydrogens is 324 g/mol. The number of hydrogen-bond acceptors (Lipinski definition) is 4. The summed E-state index contributed by atoms with van der Waals surface area (Å²) in [6.45, 7) is 6.18. The Morgan fingerprint density at radius 3 is 2.42 bits per heavy atom. The summed E-state index contributed by atoms with van der Waals surface area (Å²) in [7, 11) is 0. The van der Waals surface area contributed by atoms with Crippen molar-refractivity contribution in [1.29, 1.82) is 0 Å². The molecule has 1 amide bonds. The molecule has 132 valence electrons. The maximum absolute atomic E-state index is 12.4. The van der Waals surface area contributed by atoms with Gasteiger partial charge in [-0.2, -0.15) is 0 Å². The molecule has 1 heterocycles. The molecule has 0 aliphatic carbocycles. The lowest BCUT2D eigenvalue weighted by Gasteiger charge is -2.10. The minimum atomic E-state index is -0.219. The van der Waals surface area contributed by atoms with Crippen molar-refractivity contribution in [3.8, 4) is 0 Å². The first kappa shape index (κ1) is 17.6. The van der Waals surface area contributed by atoms with Crippen molar-refractivity contribution in [3.63, 3.8) is 0 Å². The maximum atomic E-state index is 12.4. The number of nitrogens with one attached hydrogen (secondary N) is 2. The molecule has 0 radical (unpaired) electrons. The fraction of sp³-hybridized carbons (Fsp3) is 0.190. The first-order valence-corrected chi connectivity index (χ1v) is 8.62. The van der Waals surface area contributed by atoms with Crippen molar-refractivity contribution in [2.75, 3.05) is 10.6 Å². The van der Waals surface area contributed by atoms with E-state index in [0.717, 1.165) is 23.4 Å². The Kier molecular flexibility index (Phi) is 5.27. The van der Waals surface area contributed by atoms with Gasteiger partial charge in [0.25, 0.3) is 5.91 Å². The molecule has 2 aromatic carbocycles. The highest BCUT2D eigenvalue weighted by atomic mass is 16.1. The molecule has 0 bridgehead atoms. The molecule has 0 fully saturated rings. The van der Waals surface area contributed by atoms with Crippen LogP contribution in [0.15, 0.2) is 54.9 Å². The van der Waals surface area contributed by atoms with Gasteiger partial charge in [0, 0.05) is 23.8 Å². The SMILES string of the molecule is CCc1ccccc1NC(=O)c1cnc(Nc2ccc(C)c(C)c2)nc1. The second kappa shape index (κ2) is 7.78. The predicted octanol–water partition coefficient (Wildman–Crippen LogP) is 4.65. The van der Waals surface area contributed by atoms with Gasteiger partial charge < -0.3 is 10.6 Å². The number of rotatable bonds is 5. The fourth-order valence-electron chi connectivity index (χ4n) is 2.60. The molecule has 0 aliphatic rings. The Hall–Kier alpha value is -3.21. The summed E-state index contributed by atoms with van der Waals surface area (Å²) in [5.74, 6) is 0.238. The van der Waals surface area contributed by atoms with Crippen LogP contribution in [0.2, 0.25) is 0 Å². The Labute approximate surface area is 153 Å². The van der Waals surface area contributed by atoms with E-state index < -0.39 is 0 Å². The van der Waals surface area contributed by atoms with E-state index in [2.05, 4.69) is 41.4 Å². The second-order valence-electron chi connectivity index (χ2n) is 6.18. The Bertz CT molecular complexity index is 920. The molecule has 0 atom stereocenters. The number of hydrogen-bond donors (Lipinski definition) is 2. The first-order valence-electron chi connectivity index (χ1n) is 8.62. The minimum absolute atomic E-state index is 0.219. The number of carbonyl (C=O) groups excluding carboxylic acids is 1. The van der Waals surface area contributed by atoms with E-state index in [1.807, 2.05) is 42.5 Å². The van der Waals surface area contributed by atoms with E-state index in [0.29, 0.717) is 11.5 Å². The van der Waals surface area contributed by atoms with Gasteiger partial charge in [0.1, 0.15) is 0 Å². The molecule has 0 spiro atoms. The number of aryl methyl sites for hydroxylation is 3. The molecule has 2 N–H and O–H groups in total. The molecule has 3 aromatic rings. The molecule has 0 unspecified atom stereocenters. The van der Waals surface area contributed by atoms with E-state index in [9.17, 15) is 4.79 Å². The third-order valence-corrected chi connectivity index (χ3v) is 4.32. The molecule has 26 heavy (non-hydrogen) atoms. The van der Waals surface area contributed by atoms with Crippen LogP contribution in [0, 0.1) is 13.8 Å². The van der Waals surface area contributed by atoms with Crippen molar-refractivity contribution < 1.29 is 4.79 Å². The van der Waals surface area contributed by atoms with Crippen LogP contribution >= 0.6 is 0 Å². The van der Waals surface area contributed by atoms with Crippen molar-refractivity contribution in [2.24, 2.45) is 0 Å². The highest BCUT2D eigenvalue weighted by molar-refractivity contribution is 6.04. The second-order valence-corrected chi connectivity index (χ2v) is 6.18. The summed E-state index contributed by atoms with van der Waals surface area (Å²) in [5.41, 5.74) is 5.67. The monoisotopic (exact) mass is 346 g/mol. The Balaban J connectivity index is 1.70. The predicted molar refractivity (Wildman–Crippen MR) is 105 cm³/mol. The van der Waals surface area contributed by atoms with E-state index in [1.165, 1.54) is 23.5 Å². The number of nitrogens with zero attached hydrogens (tertiary/aromatic N) is 2. The average molecular weight is 346 g/mol. The Morgan fingerprint density at radius 2 is 1.73 bits per heavy atom. The van der Waals surface area contributed by atoms with Crippen LogP contribution in [0.4, 0.5) is 17.3 Å². The summed E-state index contributed by atoms with van der Waals surface area (Å²) in [6.07, 6.45) is 3.91. The molecular formula is C21H22N4O. The number of para-hydroxylation sites is 1. The maximum Gasteiger partial charge on any atom is 0.258 e. The van der Waals surface area contributed by atoms with Crippen LogP contribution in [0.25, 0.3) is 0 Å². The van der Waals surface area contributed by atoms with Gasteiger partial charge in [-0.3, -0.25) is 4.79 Å². The molecule has 5 nitrogen and oxygen atoms in total. The van der Waals surface area contributed by atoms with Gasteiger partial charge in [-0.15, -0.1) is 0 Å². The number of benzene rings is 2. The lowest BCUT2D eigenvalue weighted by Crippen LogP contribution is -2.14. The largest absolute Gasteiger partial charge is 0.324 e. The van der Waals surface area contributed by atoms with Crippen LogP contribution in [0.5, 0.6) is 0 Å². The summed E-state index contributed by atoms with van der Waals surface area (Å²) < 4.78 is 0. The molecule has 5 heteroatoms. The minimum Gasteiger partial charge on any atom is -0.324 e. The van der Waals surface area contributed by atoms with Gasteiger partial charge in [0.05, 0.1) is 5.56 Å². The van der Waals surface area contributed by atoms with Crippen molar-refractivity contribution in [1.82, 2.24) is 9.97 Å². The van der Waals surface area contributed by atoms with Crippen LogP contribution in [0.1, 0.15) is 34.0 Å². The lowest BCUT2D eigenvalue weighted by atomic mass is 10.1. The molecule has 0 aliphatic heterocycles. The van der Waals surface area contributed by atoms with Crippen LogP contribution in [-0.2, 0) is 6.42 Å². The zero-order chi connectivity index (χ0) is 18.5. The topological polar surface area (TPSA) is 66.9 Å². The van der Waals surface area contributed by atoms with Gasteiger partial charge in [0.15, 0.2) is 0 Å². The normalized spacial score (nSPS) is 10.4. The first-order chi connectivity index (χ1) is 12.6. The molecule has 0 saturated heterocycles. The number of carbonyl (C=O) groups is 1. The quantitative estimate of drug-likeness (QED) is 0.705. The van der Waals surface area contributed by atoms with Gasteiger partial charge in [-0.05, 0) is 55.2 Å². The molecule has 3 rings (SSSR count). The van der Waals surface area contributed by atoms with Gasteiger partial charge in [0.2, 0.25) is 5.95 Å². The number of amides is 1. The van der Waals surface area contributed by atoms with Gasteiger partial charge in [-0.1, -0.05) is 31.2 Å². The van der Waals surface area contributed by atoms with Gasteiger partial charge in [-0.25, -0.2) is 9.97 Å². The molecule has 0 saturated carbocycles. The van der Waals surface area contributed by atoms with Gasteiger partial charge >= 0.3 is 0 Å². The summed E-state index contributed by atoms with van der Waals surface area (Å²) in [5, 5.41) is 6.07. The summed E-state index contributed by atoms with van der Waals surface area (Å²) >= 11 is 0. The van der Waals surface area contributed by atoms with Crippen molar-refractivity contribution >= 4 is 23.2 Å². The third kappa shape index (κ3) is 4.06. The highest BCUT2D eigenvalue weighted by Crippen LogP contribution is 2.18. The lowest BCUT2D eigenvalue weighted by molar-refractivity contribution is 0.102. The highest BCUT2D eigenvalue weighted by Gasteiger charge is 2.10. The van der Waals surface area contributed by atoms with E-state index in [4.69, 9.17) is 0 Å². The number of aromatic nitrogens is 2. The standard InChI is InChI=1S/C21H22N4O/c1-4-16-7-5-6-8-19(16)25-20(26)17-12-22-21(23-13-17)24-18-10-9-14(2)15(3)11-18/h5-13H,4H2,1-3H3,(H,25,26)(H,22,23,24). The zero-order valence-electron chi connectivity index (χ0n) is 15.2. The fourth-order valence-corrected chi connectivity index (χ4v) is 2.60. The zero-order valence-corrected chi connectivity index (χ0v) is 15.2. The molecule has 1 aromatic heterocycles. The number of anilines is 3. The smallest absolute Gasteiger partial charge is 0.258 e. The van der Waals surface area contributed by atoms with Crippen molar-refractivity contribution in [3.05, 3.63) is 77.1 Å². The van der Waals surface area contributed by atoms with E-state index in [-0.39, 0.29) is 5.91 Å². The summed E-state index contributed by atoms with van der Waals surface area (Å²) in [4.78, 5) is 20.9. The average Bonchev–Trinajstić information content (AvgIpc) is 2.66. The van der Waals surface area contributed by atoms with Crippen molar-refractivity contribution in [2.45, 2.75) is 27.2 Å². The van der Waals surface area contributed by atoms with E-state index >= 15 is 0 Å². The van der Waals surface area contributed by atoms with Crippen LogP contribution < -0.4 is 10.6 Å². The Morgan fingerprint density at radius 1 is 1.00 bits per heavy atom.